The fourth-order valence-electron chi connectivity index (χ4n) is 2.47. The molecule has 2 unspecified atom stereocenters. The summed E-state index contributed by atoms with van der Waals surface area (Å²) in [6, 6.07) is 8.20. The molecular weight excluding hydrogens is 240 g/mol. The summed E-state index contributed by atoms with van der Waals surface area (Å²) in [6.45, 7) is 3.16. The van der Waals surface area contributed by atoms with Crippen molar-refractivity contribution in [1.82, 2.24) is 4.90 Å². The molecule has 2 atom stereocenters. The van der Waals surface area contributed by atoms with Crippen LogP contribution in [0.1, 0.15) is 24.0 Å². The van der Waals surface area contributed by atoms with Crippen LogP contribution in [0.15, 0.2) is 24.3 Å². The predicted molar refractivity (Wildman–Crippen MR) is 74.6 cm³/mol. The van der Waals surface area contributed by atoms with Gasteiger partial charge in [-0.3, -0.25) is 4.79 Å². The second kappa shape index (κ2) is 6.17. The first-order valence-corrected chi connectivity index (χ1v) is 6.76. The summed E-state index contributed by atoms with van der Waals surface area (Å²) in [6.07, 6.45) is 1.38. The molecule has 0 aliphatic carbocycles. The lowest BCUT2D eigenvalue weighted by atomic mass is 10.1. The number of carbonyl (C=O) groups is 1. The van der Waals surface area contributed by atoms with E-state index in [1.54, 1.807) is 4.90 Å². The van der Waals surface area contributed by atoms with E-state index in [2.05, 4.69) is 19.1 Å². The molecule has 4 nitrogen and oxygen atoms in total. The number of nitrogens with two attached hydrogens (primary N) is 1. The van der Waals surface area contributed by atoms with E-state index < -0.39 is 0 Å². The number of likely N-dealkylation sites (N-methyl/N-ethyl adjacent to an activating group) is 1. The first-order chi connectivity index (χ1) is 9.10. The van der Waals surface area contributed by atoms with Crippen LogP contribution < -0.4 is 5.73 Å². The fourth-order valence-corrected chi connectivity index (χ4v) is 2.47. The Balaban J connectivity index is 1.93. The van der Waals surface area contributed by atoms with Crippen molar-refractivity contribution in [3.8, 4) is 0 Å². The van der Waals surface area contributed by atoms with E-state index in [0.29, 0.717) is 13.1 Å². The normalized spacial score (nSPS) is 22.5. The van der Waals surface area contributed by atoms with Crippen LogP contribution in [0.3, 0.4) is 0 Å². The predicted octanol–water partition coefficient (Wildman–Crippen LogP) is 1.46. The molecule has 1 aliphatic heterocycles. The van der Waals surface area contributed by atoms with E-state index in [4.69, 9.17) is 10.5 Å². The van der Waals surface area contributed by atoms with E-state index in [0.717, 1.165) is 18.4 Å². The van der Waals surface area contributed by atoms with Crippen LogP contribution in [0.2, 0.25) is 0 Å². The Kier molecular flexibility index (Phi) is 4.56. The van der Waals surface area contributed by atoms with Gasteiger partial charge in [-0.25, -0.2) is 0 Å². The summed E-state index contributed by atoms with van der Waals surface area (Å²) >= 11 is 0. The van der Waals surface area contributed by atoms with Gasteiger partial charge in [0.15, 0.2) is 0 Å². The summed E-state index contributed by atoms with van der Waals surface area (Å²) < 4.78 is 5.64. The molecule has 0 saturated carbocycles. The number of ether oxygens (including phenoxy) is 1. The van der Waals surface area contributed by atoms with Gasteiger partial charge in [-0.2, -0.15) is 0 Å². The highest BCUT2D eigenvalue weighted by Gasteiger charge is 2.31. The molecule has 1 saturated heterocycles. The van der Waals surface area contributed by atoms with Crippen molar-refractivity contribution >= 4 is 5.91 Å². The van der Waals surface area contributed by atoms with Gasteiger partial charge in [-0.05, 0) is 25.3 Å². The summed E-state index contributed by atoms with van der Waals surface area (Å²) in [4.78, 5) is 14.0. The minimum Gasteiger partial charge on any atom is -0.364 e. The second-order valence-corrected chi connectivity index (χ2v) is 5.24. The van der Waals surface area contributed by atoms with Crippen molar-refractivity contribution in [1.29, 1.82) is 0 Å². The maximum Gasteiger partial charge on any atom is 0.251 e. The van der Waals surface area contributed by atoms with Crippen molar-refractivity contribution in [2.75, 3.05) is 13.6 Å². The maximum absolute atomic E-state index is 12.3. The molecular formula is C15H22N2O2. The molecule has 1 fully saturated rings. The quantitative estimate of drug-likeness (QED) is 0.893. The van der Waals surface area contributed by atoms with Crippen molar-refractivity contribution < 1.29 is 9.53 Å². The first-order valence-electron chi connectivity index (χ1n) is 6.76. The maximum atomic E-state index is 12.3. The van der Waals surface area contributed by atoms with Gasteiger partial charge in [0.25, 0.3) is 5.91 Å². The SMILES string of the molecule is Cc1cccc(CN(C)C(=O)C2CCC(CN)O2)c1. The lowest BCUT2D eigenvalue weighted by Gasteiger charge is -2.21. The molecule has 2 N–H and O–H groups in total. The summed E-state index contributed by atoms with van der Waals surface area (Å²) in [5.74, 6) is 0.0532. The van der Waals surface area contributed by atoms with Crippen LogP contribution >= 0.6 is 0 Å². The first kappa shape index (κ1) is 14.0. The smallest absolute Gasteiger partial charge is 0.251 e. The van der Waals surface area contributed by atoms with Crippen LogP contribution in [-0.4, -0.2) is 36.6 Å². The van der Waals surface area contributed by atoms with Gasteiger partial charge in [0, 0.05) is 20.1 Å². The standard InChI is InChI=1S/C15H22N2O2/c1-11-4-3-5-12(8-11)10-17(2)15(18)14-7-6-13(9-16)19-14/h3-5,8,13-14H,6-7,9-10,16H2,1-2H3. The number of hydrogen-bond donors (Lipinski definition) is 1. The zero-order chi connectivity index (χ0) is 13.8. The molecule has 104 valence electrons. The zero-order valence-electron chi connectivity index (χ0n) is 11.6. The van der Waals surface area contributed by atoms with E-state index >= 15 is 0 Å². The highest BCUT2D eigenvalue weighted by atomic mass is 16.5. The van der Waals surface area contributed by atoms with Crippen LogP contribution in [-0.2, 0) is 16.1 Å². The largest absolute Gasteiger partial charge is 0.364 e. The summed E-state index contributed by atoms with van der Waals surface area (Å²) in [7, 11) is 1.82. The zero-order valence-corrected chi connectivity index (χ0v) is 11.6. The number of hydrogen-bond acceptors (Lipinski definition) is 3. The lowest BCUT2D eigenvalue weighted by molar-refractivity contribution is -0.141. The van der Waals surface area contributed by atoms with E-state index in [9.17, 15) is 4.79 Å². The number of rotatable bonds is 4. The average Bonchev–Trinajstić information content (AvgIpc) is 2.86. The van der Waals surface area contributed by atoms with Gasteiger partial charge in [-0.1, -0.05) is 29.8 Å². The molecule has 1 aromatic carbocycles. The second-order valence-electron chi connectivity index (χ2n) is 5.24. The molecule has 19 heavy (non-hydrogen) atoms. The van der Waals surface area contributed by atoms with Gasteiger partial charge >= 0.3 is 0 Å². The van der Waals surface area contributed by atoms with E-state index in [1.807, 2.05) is 19.2 Å². The Labute approximate surface area is 114 Å². The number of amides is 1. The Bertz CT molecular complexity index is 448. The monoisotopic (exact) mass is 262 g/mol. The summed E-state index contributed by atoms with van der Waals surface area (Å²) in [5.41, 5.74) is 7.91. The summed E-state index contributed by atoms with van der Waals surface area (Å²) in [5, 5.41) is 0. The average molecular weight is 262 g/mol. The molecule has 1 aromatic rings. The molecule has 1 heterocycles. The molecule has 0 bridgehead atoms. The number of carbonyl (C=O) groups excluding carboxylic acids is 1. The van der Waals surface area contributed by atoms with Gasteiger partial charge in [-0.15, -0.1) is 0 Å². The van der Waals surface area contributed by atoms with E-state index in [-0.39, 0.29) is 18.1 Å². The Hall–Kier alpha value is -1.39. The third-order valence-electron chi connectivity index (χ3n) is 3.52. The lowest BCUT2D eigenvalue weighted by Crippen LogP contribution is -2.36. The topological polar surface area (TPSA) is 55.6 Å². The van der Waals surface area contributed by atoms with Gasteiger partial charge in [0.1, 0.15) is 6.10 Å². The molecule has 1 amide bonds. The van der Waals surface area contributed by atoms with Crippen LogP contribution in [0.4, 0.5) is 0 Å². The molecule has 1 aliphatic rings. The van der Waals surface area contributed by atoms with E-state index in [1.165, 1.54) is 5.56 Å². The minimum absolute atomic E-state index is 0.0429. The minimum atomic E-state index is -0.316. The number of aryl methyl sites for hydroxylation is 1. The van der Waals surface area contributed by atoms with Crippen LogP contribution in [0.25, 0.3) is 0 Å². The van der Waals surface area contributed by atoms with Gasteiger partial charge < -0.3 is 15.4 Å². The third kappa shape index (κ3) is 3.55. The van der Waals surface area contributed by atoms with Crippen LogP contribution in [0.5, 0.6) is 0 Å². The third-order valence-corrected chi connectivity index (χ3v) is 3.52. The van der Waals surface area contributed by atoms with Crippen LogP contribution in [0, 0.1) is 6.92 Å². The molecule has 2 rings (SSSR count). The number of nitrogens with zero attached hydrogens (tertiary/aromatic N) is 1. The molecule has 0 spiro atoms. The Morgan fingerprint density at radius 2 is 2.26 bits per heavy atom. The fraction of sp³-hybridized carbons (Fsp3) is 0.533. The Morgan fingerprint density at radius 1 is 1.47 bits per heavy atom. The van der Waals surface area contributed by atoms with Gasteiger partial charge in [0.05, 0.1) is 6.10 Å². The Morgan fingerprint density at radius 3 is 2.89 bits per heavy atom. The molecule has 0 aromatic heterocycles. The number of benzene rings is 1. The molecule has 0 radical (unpaired) electrons. The van der Waals surface area contributed by atoms with Gasteiger partial charge in [0.2, 0.25) is 0 Å². The molecule has 4 heteroatoms. The van der Waals surface area contributed by atoms with Crippen molar-refractivity contribution in [3.05, 3.63) is 35.4 Å². The highest BCUT2D eigenvalue weighted by Crippen LogP contribution is 2.21. The van der Waals surface area contributed by atoms with Crippen molar-refractivity contribution in [3.63, 3.8) is 0 Å². The highest BCUT2D eigenvalue weighted by molar-refractivity contribution is 5.81. The van der Waals surface area contributed by atoms with Crippen molar-refractivity contribution in [2.24, 2.45) is 5.73 Å². The van der Waals surface area contributed by atoms with Crippen molar-refractivity contribution in [2.45, 2.75) is 38.5 Å².